The summed E-state index contributed by atoms with van der Waals surface area (Å²) < 4.78 is 53.0. The van der Waals surface area contributed by atoms with Crippen LogP contribution in [0.3, 0.4) is 0 Å². The van der Waals surface area contributed by atoms with E-state index in [4.69, 9.17) is 9.47 Å². The molecule has 0 fully saturated rings. The minimum Gasteiger partial charge on any atom is -0.425 e. The summed E-state index contributed by atoms with van der Waals surface area (Å²) in [4.78, 5) is 23.3. The van der Waals surface area contributed by atoms with E-state index in [-0.39, 0.29) is 0 Å². The third kappa shape index (κ3) is 5.75. The number of rotatable bonds is 5. The monoisotopic (exact) mass is 348 g/mol. The lowest BCUT2D eigenvalue weighted by molar-refractivity contribution is -0.181. The van der Waals surface area contributed by atoms with E-state index in [1.54, 1.807) is 27.7 Å². The highest BCUT2D eigenvalue weighted by atomic mass is 19.4. The molecule has 0 radical (unpaired) electrons. The largest absolute Gasteiger partial charge is 0.516 e. The first-order valence-corrected chi connectivity index (χ1v) is 7.27. The molecule has 0 saturated carbocycles. The van der Waals surface area contributed by atoms with Crippen molar-refractivity contribution in [3.63, 3.8) is 0 Å². The second kappa shape index (κ2) is 8.03. The van der Waals surface area contributed by atoms with Gasteiger partial charge in [0.15, 0.2) is 0 Å². The second-order valence-corrected chi connectivity index (χ2v) is 5.67. The van der Waals surface area contributed by atoms with Crippen LogP contribution in [-0.2, 0) is 20.4 Å². The highest BCUT2D eigenvalue weighted by Gasteiger charge is 2.35. The number of carbonyl (C=O) groups is 2. The second-order valence-electron chi connectivity index (χ2n) is 5.67. The highest BCUT2D eigenvalue weighted by Crippen LogP contribution is 2.36. The zero-order chi connectivity index (χ0) is 18.5. The van der Waals surface area contributed by atoms with E-state index >= 15 is 0 Å². The fourth-order valence-electron chi connectivity index (χ4n) is 1.55. The minimum absolute atomic E-state index is 0.405. The van der Waals surface area contributed by atoms with Crippen molar-refractivity contribution in [1.82, 2.24) is 0 Å². The molecule has 0 heterocycles. The Labute approximate surface area is 137 Å². The SMILES string of the molecule is CC(C)C(=O)O[C@@H](OC(=O)Oc1ccccc1C(F)(F)F)C(C)C. The van der Waals surface area contributed by atoms with Crippen LogP contribution in [0.4, 0.5) is 18.0 Å². The van der Waals surface area contributed by atoms with Gasteiger partial charge in [-0.2, -0.15) is 13.2 Å². The molecule has 0 bridgehead atoms. The molecule has 24 heavy (non-hydrogen) atoms. The van der Waals surface area contributed by atoms with Crippen molar-refractivity contribution < 1.29 is 37.0 Å². The maximum atomic E-state index is 12.8. The minimum atomic E-state index is -4.68. The molecule has 1 aromatic rings. The van der Waals surface area contributed by atoms with Gasteiger partial charge in [-0.3, -0.25) is 4.79 Å². The van der Waals surface area contributed by atoms with Crippen molar-refractivity contribution in [2.45, 2.75) is 40.2 Å². The molecule has 0 aliphatic rings. The van der Waals surface area contributed by atoms with Gasteiger partial charge in [-0.1, -0.05) is 39.8 Å². The number of carbonyl (C=O) groups excluding carboxylic acids is 2. The molecule has 0 N–H and O–H groups in total. The molecule has 0 spiro atoms. The first-order chi connectivity index (χ1) is 11.0. The molecule has 0 unspecified atom stereocenters. The number of ether oxygens (including phenoxy) is 3. The van der Waals surface area contributed by atoms with Crippen molar-refractivity contribution in [3.05, 3.63) is 29.8 Å². The molecular weight excluding hydrogens is 329 g/mol. The van der Waals surface area contributed by atoms with Gasteiger partial charge < -0.3 is 14.2 Å². The van der Waals surface area contributed by atoms with Gasteiger partial charge in [0.25, 0.3) is 6.29 Å². The van der Waals surface area contributed by atoms with Gasteiger partial charge in [0.1, 0.15) is 5.75 Å². The van der Waals surface area contributed by atoms with E-state index in [9.17, 15) is 22.8 Å². The zero-order valence-corrected chi connectivity index (χ0v) is 13.7. The van der Waals surface area contributed by atoms with Crippen LogP contribution in [0.25, 0.3) is 0 Å². The average molecular weight is 348 g/mol. The number of alkyl halides is 3. The van der Waals surface area contributed by atoms with E-state index < -0.39 is 47.7 Å². The summed E-state index contributed by atoms with van der Waals surface area (Å²) in [6.07, 6.45) is -7.33. The third-order valence-corrected chi connectivity index (χ3v) is 2.85. The molecule has 1 atom stereocenters. The third-order valence-electron chi connectivity index (χ3n) is 2.85. The molecule has 0 saturated heterocycles. The van der Waals surface area contributed by atoms with Crippen LogP contribution in [0, 0.1) is 11.8 Å². The fraction of sp³-hybridized carbons (Fsp3) is 0.500. The summed E-state index contributed by atoms with van der Waals surface area (Å²) in [6.45, 7) is 6.43. The Morgan fingerprint density at radius 3 is 2.08 bits per heavy atom. The van der Waals surface area contributed by atoms with Gasteiger partial charge in [-0.15, -0.1) is 0 Å². The lowest BCUT2D eigenvalue weighted by atomic mass is 10.2. The number of halogens is 3. The Hall–Kier alpha value is -2.25. The maximum Gasteiger partial charge on any atom is 0.516 e. The van der Waals surface area contributed by atoms with E-state index in [2.05, 4.69) is 4.74 Å². The van der Waals surface area contributed by atoms with Crippen LogP contribution >= 0.6 is 0 Å². The summed E-state index contributed by atoms with van der Waals surface area (Å²) in [7, 11) is 0. The lowest BCUT2D eigenvalue weighted by Gasteiger charge is -2.22. The predicted octanol–water partition coefficient (Wildman–Crippen LogP) is 4.40. The Bertz CT molecular complexity index is 581. The molecule has 0 aliphatic heterocycles. The molecule has 1 aromatic carbocycles. The molecule has 134 valence electrons. The van der Waals surface area contributed by atoms with Gasteiger partial charge in [0.05, 0.1) is 11.5 Å². The van der Waals surface area contributed by atoms with E-state index in [1.807, 2.05) is 0 Å². The summed E-state index contributed by atoms with van der Waals surface area (Å²) in [5, 5.41) is 0. The Morgan fingerprint density at radius 1 is 1.00 bits per heavy atom. The Kier molecular flexibility index (Phi) is 6.62. The first kappa shape index (κ1) is 19.8. The summed E-state index contributed by atoms with van der Waals surface area (Å²) in [6, 6.07) is 4.23. The van der Waals surface area contributed by atoms with E-state index in [1.165, 1.54) is 12.1 Å². The van der Waals surface area contributed by atoms with Crippen LogP contribution in [0.2, 0.25) is 0 Å². The van der Waals surface area contributed by atoms with E-state index in [0.717, 1.165) is 12.1 Å². The van der Waals surface area contributed by atoms with Gasteiger partial charge >= 0.3 is 18.3 Å². The molecule has 0 aliphatic carbocycles. The number of hydrogen-bond donors (Lipinski definition) is 0. The van der Waals surface area contributed by atoms with Crippen LogP contribution in [0.15, 0.2) is 24.3 Å². The highest BCUT2D eigenvalue weighted by molar-refractivity contribution is 5.72. The van der Waals surface area contributed by atoms with Gasteiger partial charge in [0, 0.05) is 5.92 Å². The van der Waals surface area contributed by atoms with Crippen molar-refractivity contribution in [2.24, 2.45) is 11.8 Å². The predicted molar refractivity (Wildman–Crippen MR) is 78.1 cm³/mol. The number of hydrogen-bond acceptors (Lipinski definition) is 5. The molecule has 0 amide bonds. The Balaban J connectivity index is 2.83. The number of benzene rings is 1. The summed E-state index contributed by atoms with van der Waals surface area (Å²) in [5.74, 6) is -2.14. The number of para-hydroxylation sites is 1. The van der Waals surface area contributed by atoms with Crippen molar-refractivity contribution >= 4 is 12.1 Å². The van der Waals surface area contributed by atoms with Gasteiger partial charge in [0.2, 0.25) is 0 Å². The normalized spacial score (nSPS) is 12.9. The zero-order valence-electron chi connectivity index (χ0n) is 13.7. The topological polar surface area (TPSA) is 61.8 Å². The van der Waals surface area contributed by atoms with Crippen molar-refractivity contribution in [1.29, 1.82) is 0 Å². The summed E-state index contributed by atoms with van der Waals surface area (Å²) >= 11 is 0. The first-order valence-electron chi connectivity index (χ1n) is 7.27. The number of esters is 1. The van der Waals surface area contributed by atoms with Crippen LogP contribution in [0.1, 0.15) is 33.3 Å². The lowest BCUT2D eigenvalue weighted by Crippen LogP contribution is -2.32. The molecular formula is C16H19F3O5. The smallest absolute Gasteiger partial charge is 0.425 e. The quantitative estimate of drug-likeness (QED) is 0.448. The van der Waals surface area contributed by atoms with E-state index in [0.29, 0.717) is 0 Å². The van der Waals surface area contributed by atoms with Crippen molar-refractivity contribution in [2.75, 3.05) is 0 Å². The average Bonchev–Trinajstić information content (AvgIpc) is 2.45. The van der Waals surface area contributed by atoms with Crippen molar-refractivity contribution in [3.8, 4) is 5.75 Å². The standard InChI is InChI=1S/C16H19F3O5/c1-9(2)13(20)23-14(10(3)4)24-15(21)22-12-8-6-5-7-11(12)16(17,18)19/h5-10,14H,1-4H3/t14-/m0/s1. The summed E-state index contributed by atoms with van der Waals surface area (Å²) in [5.41, 5.74) is -1.11. The molecule has 8 heteroatoms. The molecule has 5 nitrogen and oxygen atoms in total. The van der Waals surface area contributed by atoms with Gasteiger partial charge in [-0.25, -0.2) is 4.79 Å². The van der Waals surface area contributed by atoms with Crippen LogP contribution in [-0.4, -0.2) is 18.4 Å². The van der Waals surface area contributed by atoms with Crippen LogP contribution in [0.5, 0.6) is 5.75 Å². The maximum absolute atomic E-state index is 12.8. The molecule has 1 rings (SSSR count). The van der Waals surface area contributed by atoms with Gasteiger partial charge in [-0.05, 0) is 12.1 Å². The molecule has 0 aromatic heterocycles. The van der Waals surface area contributed by atoms with Crippen LogP contribution < -0.4 is 4.74 Å². The fourth-order valence-corrected chi connectivity index (χ4v) is 1.55. The Morgan fingerprint density at radius 2 is 1.58 bits per heavy atom.